The number of ether oxygens (including phenoxy) is 2. The summed E-state index contributed by atoms with van der Waals surface area (Å²) in [6, 6.07) is 10.0. The summed E-state index contributed by atoms with van der Waals surface area (Å²) in [6.45, 7) is 1.49. The maximum absolute atomic E-state index is 13.3. The van der Waals surface area contributed by atoms with Gasteiger partial charge in [-0.2, -0.15) is 5.10 Å². The van der Waals surface area contributed by atoms with E-state index in [0.717, 1.165) is 37.0 Å². The fourth-order valence-electron chi connectivity index (χ4n) is 3.06. The Morgan fingerprint density at radius 3 is 2.83 bits per heavy atom. The number of halogens is 1. The van der Waals surface area contributed by atoms with Crippen molar-refractivity contribution < 1.29 is 13.9 Å². The molecule has 0 amide bonds. The molecule has 1 aliphatic heterocycles. The van der Waals surface area contributed by atoms with Crippen molar-refractivity contribution in [3.05, 3.63) is 48.4 Å². The molecule has 2 aromatic carbocycles. The lowest BCUT2D eigenvalue weighted by Crippen LogP contribution is -2.20. The van der Waals surface area contributed by atoms with Gasteiger partial charge in [-0.15, -0.1) is 0 Å². The molecule has 124 valence electrons. The van der Waals surface area contributed by atoms with E-state index in [-0.39, 0.29) is 5.82 Å². The van der Waals surface area contributed by atoms with E-state index in [4.69, 9.17) is 15.2 Å². The normalized spacial score (nSPS) is 15.7. The summed E-state index contributed by atoms with van der Waals surface area (Å²) < 4.78 is 26.6. The topological polar surface area (TPSA) is 62.3 Å². The van der Waals surface area contributed by atoms with Gasteiger partial charge < -0.3 is 15.2 Å². The maximum Gasteiger partial charge on any atom is 0.152 e. The molecule has 2 heterocycles. The third-order valence-electron chi connectivity index (χ3n) is 4.29. The summed E-state index contributed by atoms with van der Waals surface area (Å²) in [5.41, 5.74) is 7.54. The first-order valence-corrected chi connectivity index (χ1v) is 7.98. The third kappa shape index (κ3) is 2.80. The van der Waals surface area contributed by atoms with Gasteiger partial charge in [0, 0.05) is 30.7 Å². The molecule has 1 saturated heterocycles. The van der Waals surface area contributed by atoms with Gasteiger partial charge in [-0.3, -0.25) is 4.68 Å². The van der Waals surface area contributed by atoms with Crippen molar-refractivity contribution in [1.82, 2.24) is 9.78 Å². The SMILES string of the molecule is Nc1cc2cnn(C3CCOCC3)c2cc1Oc1cccc(F)c1. The smallest absolute Gasteiger partial charge is 0.152 e. The maximum atomic E-state index is 13.3. The number of nitrogen functional groups attached to an aromatic ring is 1. The molecule has 0 atom stereocenters. The van der Waals surface area contributed by atoms with Crippen LogP contribution < -0.4 is 10.5 Å². The van der Waals surface area contributed by atoms with Crippen LogP contribution in [-0.2, 0) is 4.74 Å². The van der Waals surface area contributed by atoms with Gasteiger partial charge in [-0.05, 0) is 31.0 Å². The fraction of sp³-hybridized carbons (Fsp3) is 0.278. The number of benzene rings is 2. The Balaban J connectivity index is 1.71. The summed E-state index contributed by atoms with van der Waals surface area (Å²) >= 11 is 0. The largest absolute Gasteiger partial charge is 0.455 e. The number of hydrogen-bond acceptors (Lipinski definition) is 4. The highest BCUT2D eigenvalue weighted by atomic mass is 19.1. The van der Waals surface area contributed by atoms with Crippen LogP contribution in [0.2, 0.25) is 0 Å². The molecule has 0 aliphatic carbocycles. The van der Waals surface area contributed by atoms with Gasteiger partial charge in [0.05, 0.1) is 23.4 Å². The van der Waals surface area contributed by atoms with E-state index in [1.54, 1.807) is 12.1 Å². The summed E-state index contributed by atoms with van der Waals surface area (Å²) in [5.74, 6) is 0.569. The van der Waals surface area contributed by atoms with Crippen LogP contribution in [0.3, 0.4) is 0 Å². The van der Waals surface area contributed by atoms with E-state index in [2.05, 4.69) is 5.10 Å². The van der Waals surface area contributed by atoms with Gasteiger partial charge in [-0.1, -0.05) is 6.07 Å². The van der Waals surface area contributed by atoms with Gasteiger partial charge >= 0.3 is 0 Å². The van der Waals surface area contributed by atoms with E-state index in [9.17, 15) is 4.39 Å². The Morgan fingerprint density at radius 2 is 2.04 bits per heavy atom. The zero-order chi connectivity index (χ0) is 16.5. The zero-order valence-corrected chi connectivity index (χ0v) is 13.1. The van der Waals surface area contributed by atoms with Crippen molar-refractivity contribution in [2.24, 2.45) is 0 Å². The highest BCUT2D eigenvalue weighted by Crippen LogP contribution is 2.34. The second-order valence-electron chi connectivity index (χ2n) is 5.94. The second kappa shape index (κ2) is 6.13. The van der Waals surface area contributed by atoms with Gasteiger partial charge in [0.1, 0.15) is 11.6 Å². The van der Waals surface area contributed by atoms with Crippen LogP contribution in [0.15, 0.2) is 42.6 Å². The molecular formula is C18H18FN3O2. The molecule has 0 spiro atoms. The van der Waals surface area contributed by atoms with Crippen LogP contribution >= 0.6 is 0 Å². The van der Waals surface area contributed by atoms with E-state index in [1.165, 1.54) is 12.1 Å². The lowest BCUT2D eigenvalue weighted by molar-refractivity contribution is 0.0675. The van der Waals surface area contributed by atoms with Crippen molar-refractivity contribution in [1.29, 1.82) is 0 Å². The van der Waals surface area contributed by atoms with E-state index >= 15 is 0 Å². The average molecular weight is 327 g/mol. The summed E-state index contributed by atoms with van der Waals surface area (Å²) in [4.78, 5) is 0. The van der Waals surface area contributed by atoms with Crippen LogP contribution in [0, 0.1) is 5.82 Å². The highest BCUT2D eigenvalue weighted by Gasteiger charge is 2.19. The molecule has 6 heteroatoms. The van der Waals surface area contributed by atoms with Gasteiger partial charge in [0.25, 0.3) is 0 Å². The highest BCUT2D eigenvalue weighted by molar-refractivity contribution is 5.85. The number of anilines is 1. The molecule has 2 N–H and O–H groups in total. The quantitative estimate of drug-likeness (QED) is 0.741. The van der Waals surface area contributed by atoms with Crippen molar-refractivity contribution in [2.45, 2.75) is 18.9 Å². The molecule has 1 aromatic heterocycles. The average Bonchev–Trinajstić information content (AvgIpc) is 2.99. The monoisotopic (exact) mass is 327 g/mol. The molecule has 1 aliphatic rings. The Bertz CT molecular complexity index is 872. The minimum atomic E-state index is -0.348. The van der Waals surface area contributed by atoms with Crippen molar-refractivity contribution >= 4 is 16.6 Å². The summed E-state index contributed by atoms with van der Waals surface area (Å²) in [6.07, 6.45) is 3.68. The number of aromatic nitrogens is 2. The predicted octanol–water partition coefficient (Wildman–Crippen LogP) is 3.90. The Kier molecular flexibility index (Phi) is 3.82. The first kappa shape index (κ1) is 15.0. The van der Waals surface area contributed by atoms with Crippen LogP contribution in [0.1, 0.15) is 18.9 Å². The Morgan fingerprint density at radius 1 is 1.21 bits per heavy atom. The van der Waals surface area contributed by atoms with Crippen LogP contribution in [0.4, 0.5) is 10.1 Å². The standard InChI is InChI=1S/C18H18FN3O2/c19-13-2-1-3-15(9-13)24-18-10-17-12(8-16(18)20)11-21-22(17)14-4-6-23-7-5-14/h1-3,8-11,14H,4-7,20H2. The minimum absolute atomic E-state index is 0.307. The lowest BCUT2D eigenvalue weighted by atomic mass is 10.1. The number of fused-ring (bicyclic) bond motifs is 1. The molecule has 3 aromatic rings. The molecular weight excluding hydrogens is 309 g/mol. The summed E-state index contributed by atoms with van der Waals surface area (Å²) in [7, 11) is 0. The molecule has 0 radical (unpaired) electrons. The predicted molar refractivity (Wildman–Crippen MR) is 89.7 cm³/mol. The first-order valence-electron chi connectivity index (χ1n) is 7.98. The fourth-order valence-corrected chi connectivity index (χ4v) is 3.06. The molecule has 24 heavy (non-hydrogen) atoms. The van der Waals surface area contributed by atoms with E-state index in [0.29, 0.717) is 23.2 Å². The van der Waals surface area contributed by atoms with Crippen molar-refractivity contribution in [2.75, 3.05) is 18.9 Å². The van der Waals surface area contributed by atoms with E-state index < -0.39 is 0 Å². The third-order valence-corrected chi connectivity index (χ3v) is 4.29. The van der Waals surface area contributed by atoms with Gasteiger partial charge in [-0.25, -0.2) is 4.39 Å². The van der Waals surface area contributed by atoms with Crippen molar-refractivity contribution in [3.8, 4) is 11.5 Å². The van der Waals surface area contributed by atoms with Crippen LogP contribution in [0.25, 0.3) is 10.9 Å². The Hall–Kier alpha value is -2.60. The minimum Gasteiger partial charge on any atom is -0.455 e. The molecule has 4 rings (SSSR count). The first-order chi connectivity index (χ1) is 11.7. The van der Waals surface area contributed by atoms with E-state index in [1.807, 2.05) is 23.0 Å². The lowest BCUT2D eigenvalue weighted by Gasteiger charge is -2.23. The molecule has 0 unspecified atom stereocenters. The van der Waals surface area contributed by atoms with Gasteiger partial charge in [0.2, 0.25) is 0 Å². The second-order valence-corrected chi connectivity index (χ2v) is 5.94. The summed E-state index contributed by atoms with van der Waals surface area (Å²) in [5, 5.41) is 5.48. The van der Waals surface area contributed by atoms with Crippen LogP contribution in [-0.4, -0.2) is 23.0 Å². The van der Waals surface area contributed by atoms with Gasteiger partial charge in [0.15, 0.2) is 5.75 Å². The molecule has 0 bridgehead atoms. The van der Waals surface area contributed by atoms with Crippen molar-refractivity contribution in [3.63, 3.8) is 0 Å². The number of nitrogens with two attached hydrogens (primary N) is 1. The van der Waals surface area contributed by atoms with Crippen LogP contribution in [0.5, 0.6) is 11.5 Å². The number of rotatable bonds is 3. The molecule has 0 saturated carbocycles. The zero-order valence-electron chi connectivity index (χ0n) is 13.1. The number of nitrogens with zero attached hydrogens (tertiary/aromatic N) is 2. The molecule has 5 nitrogen and oxygen atoms in total. The molecule has 1 fully saturated rings. The number of hydrogen-bond donors (Lipinski definition) is 1. The Labute approximate surface area is 138 Å².